The van der Waals surface area contributed by atoms with Gasteiger partial charge in [0.15, 0.2) is 5.16 Å². The van der Waals surface area contributed by atoms with E-state index >= 15 is 0 Å². The summed E-state index contributed by atoms with van der Waals surface area (Å²) < 4.78 is 37.4. The van der Waals surface area contributed by atoms with Gasteiger partial charge in [0, 0.05) is 17.9 Å². The van der Waals surface area contributed by atoms with Crippen molar-refractivity contribution in [2.75, 3.05) is 6.54 Å². The Kier molecular flexibility index (Phi) is 4.15. The van der Waals surface area contributed by atoms with Gasteiger partial charge in [0.1, 0.15) is 5.25 Å². The lowest BCUT2D eigenvalue weighted by Gasteiger charge is -2.16. The summed E-state index contributed by atoms with van der Waals surface area (Å²) >= 11 is 0.552. The highest BCUT2D eigenvalue weighted by atomic mass is 32.2. The fourth-order valence-corrected chi connectivity index (χ4v) is 2.00. The highest BCUT2D eigenvalue weighted by Crippen LogP contribution is 2.32. The van der Waals surface area contributed by atoms with Gasteiger partial charge in [0.25, 0.3) is 0 Å². The van der Waals surface area contributed by atoms with Crippen molar-refractivity contribution in [1.82, 2.24) is 9.97 Å². The predicted molar refractivity (Wildman–Crippen MR) is 56.3 cm³/mol. The monoisotopic (exact) mass is 251 g/mol. The van der Waals surface area contributed by atoms with Gasteiger partial charge in [0.2, 0.25) is 0 Å². The largest absolute Gasteiger partial charge is 0.402 e. The van der Waals surface area contributed by atoms with Crippen molar-refractivity contribution in [1.29, 1.82) is 0 Å². The van der Waals surface area contributed by atoms with Crippen molar-refractivity contribution >= 4 is 11.8 Å². The lowest BCUT2D eigenvalue weighted by molar-refractivity contribution is -0.126. The second-order valence-corrected chi connectivity index (χ2v) is 4.49. The second kappa shape index (κ2) is 5.01. The SMILES string of the molecule is Cc1cc(C)nc(SC(CN)C(F)(F)F)n1. The average molecular weight is 251 g/mol. The Labute approximate surface area is 95.7 Å². The Hall–Kier alpha value is -0.820. The van der Waals surface area contributed by atoms with Crippen molar-refractivity contribution in [3.8, 4) is 0 Å². The van der Waals surface area contributed by atoms with E-state index in [1.807, 2.05) is 0 Å². The Morgan fingerprint density at radius 2 is 1.81 bits per heavy atom. The van der Waals surface area contributed by atoms with Crippen LogP contribution in [0.1, 0.15) is 11.4 Å². The summed E-state index contributed by atoms with van der Waals surface area (Å²) in [5.41, 5.74) is 6.38. The molecule has 90 valence electrons. The summed E-state index contributed by atoms with van der Waals surface area (Å²) in [4.78, 5) is 7.86. The zero-order chi connectivity index (χ0) is 12.3. The molecule has 2 N–H and O–H groups in total. The van der Waals surface area contributed by atoms with Crippen LogP contribution in [-0.2, 0) is 0 Å². The molecule has 1 aromatic rings. The van der Waals surface area contributed by atoms with Crippen molar-refractivity contribution in [3.05, 3.63) is 17.5 Å². The number of halogens is 3. The molecule has 16 heavy (non-hydrogen) atoms. The van der Waals surface area contributed by atoms with Crippen LogP contribution in [0.15, 0.2) is 11.2 Å². The molecule has 1 rings (SSSR count). The minimum Gasteiger partial charge on any atom is -0.329 e. The van der Waals surface area contributed by atoms with Crippen LogP contribution in [0.4, 0.5) is 13.2 Å². The molecule has 0 bridgehead atoms. The van der Waals surface area contributed by atoms with Gasteiger partial charge in [0.05, 0.1) is 0 Å². The van der Waals surface area contributed by atoms with Gasteiger partial charge >= 0.3 is 6.18 Å². The van der Waals surface area contributed by atoms with E-state index in [-0.39, 0.29) is 5.16 Å². The minimum atomic E-state index is -4.33. The van der Waals surface area contributed by atoms with Gasteiger partial charge < -0.3 is 5.73 Å². The number of hydrogen-bond donors (Lipinski definition) is 1. The topological polar surface area (TPSA) is 51.8 Å². The van der Waals surface area contributed by atoms with Crippen LogP contribution in [0, 0.1) is 13.8 Å². The van der Waals surface area contributed by atoms with E-state index in [1.165, 1.54) is 0 Å². The molecular weight excluding hydrogens is 239 g/mol. The first-order valence-corrected chi connectivity index (χ1v) is 5.46. The van der Waals surface area contributed by atoms with Crippen LogP contribution in [0.5, 0.6) is 0 Å². The molecule has 1 heterocycles. The van der Waals surface area contributed by atoms with Crippen LogP contribution < -0.4 is 5.73 Å². The molecule has 0 aliphatic carbocycles. The lowest BCUT2D eigenvalue weighted by atomic mass is 10.4. The van der Waals surface area contributed by atoms with Gasteiger partial charge in [-0.1, -0.05) is 11.8 Å². The van der Waals surface area contributed by atoms with Gasteiger partial charge in [-0.25, -0.2) is 9.97 Å². The Balaban J connectivity index is 2.86. The zero-order valence-corrected chi connectivity index (χ0v) is 9.69. The van der Waals surface area contributed by atoms with Gasteiger partial charge in [-0.2, -0.15) is 13.2 Å². The summed E-state index contributed by atoms with van der Waals surface area (Å²) in [6.45, 7) is 2.94. The quantitative estimate of drug-likeness (QED) is 0.660. The normalized spacial score (nSPS) is 13.9. The number of rotatable bonds is 3. The van der Waals surface area contributed by atoms with E-state index in [0.29, 0.717) is 23.1 Å². The molecule has 7 heteroatoms. The molecule has 0 radical (unpaired) electrons. The lowest BCUT2D eigenvalue weighted by Crippen LogP contribution is -2.33. The summed E-state index contributed by atoms with van der Waals surface area (Å²) in [5, 5.41) is -1.54. The van der Waals surface area contributed by atoms with E-state index in [9.17, 15) is 13.2 Å². The molecule has 1 atom stereocenters. The van der Waals surface area contributed by atoms with Crippen LogP contribution in [-0.4, -0.2) is 27.9 Å². The van der Waals surface area contributed by atoms with Crippen LogP contribution in [0.25, 0.3) is 0 Å². The Morgan fingerprint density at radius 1 is 1.31 bits per heavy atom. The third-order valence-electron chi connectivity index (χ3n) is 1.79. The Morgan fingerprint density at radius 3 is 2.19 bits per heavy atom. The molecule has 0 amide bonds. The van der Waals surface area contributed by atoms with Crippen molar-refractivity contribution < 1.29 is 13.2 Å². The van der Waals surface area contributed by atoms with E-state index < -0.39 is 18.0 Å². The third kappa shape index (κ3) is 3.64. The molecular formula is C9H12F3N3S. The maximum absolute atomic E-state index is 12.5. The van der Waals surface area contributed by atoms with E-state index in [2.05, 4.69) is 9.97 Å². The van der Waals surface area contributed by atoms with Gasteiger partial charge in [-0.15, -0.1) is 0 Å². The number of thioether (sulfide) groups is 1. The molecule has 0 aromatic carbocycles. The fourth-order valence-electron chi connectivity index (χ4n) is 1.12. The standard InChI is InChI=1S/C9H12F3N3S/c1-5-3-6(2)15-8(14-5)16-7(4-13)9(10,11)12/h3,7H,4,13H2,1-2H3. The highest BCUT2D eigenvalue weighted by molar-refractivity contribution is 7.99. The average Bonchev–Trinajstić information content (AvgIpc) is 2.10. The smallest absolute Gasteiger partial charge is 0.329 e. The van der Waals surface area contributed by atoms with Crippen LogP contribution in [0.2, 0.25) is 0 Å². The zero-order valence-electron chi connectivity index (χ0n) is 8.88. The summed E-state index contributed by atoms with van der Waals surface area (Å²) in [6.07, 6.45) is -4.33. The van der Waals surface area contributed by atoms with E-state index in [4.69, 9.17) is 5.73 Å². The maximum Gasteiger partial charge on any atom is 0.402 e. The van der Waals surface area contributed by atoms with Crippen molar-refractivity contribution in [3.63, 3.8) is 0 Å². The molecule has 1 unspecified atom stereocenters. The first kappa shape index (κ1) is 13.2. The molecule has 0 saturated carbocycles. The Bertz CT molecular complexity index is 347. The maximum atomic E-state index is 12.5. The van der Waals surface area contributed by atoms with Crippen molar-refractivity contribution in [2.45, 2.75) is 30.4 Å². The summed E-state index contributed by atoms with van der Waals surface area (Å²) in [6, 6.07) is 1.70. The number of aromatic nitrogens is 2. The molecule has 1 aromatic heterocycles. The van der Waals surface area contributed by atoms with Crippen molar-refractivity contribution in [2.24, 2.45) is 5.73 Å². The molecule has 0 aliphatic rings. The third-order valence-corrected chi connectivity index (χ3v) is 2.93. The number of hydrogen-bond acceptors (Lipinski definition) is 4. The van der Waals surface area contributed by atoms with E-state index in [0.717, 1.165) is 0 Å². The van der Waals surface area contributed by atoms with E-state index in [1.54, 1.807) is 19.9 Å². The second-order valence-electron chi connectivity index (χ2n) is 3.32. The molecule has 0 spiro atoms. The highest BCUT2D eigenvalue weighted by Gasteiger charge is 2.40. The van der Waals surface area contributed by atoms with Gasteiger partial charge in [-0.3, -0.25) is 0 Å². The van der Waals surface area contributed by atoms with Crippen LogP contribution >= 0.6 is 11.8 Å². The number of nitrogens with two attached hydrogens (primary N) is 1. The molecule has 0 aliphatic heterocycles. The number of nitrogens with zero attached hydrogens (tertiary/aromatic N) is 2. The fraction of sp³-hybridized carbons (Fsp3) is 0.556. The molecule has 3 nitrogen and oxygen atoms in total. The van der Waals surface area contributed by atoms with Gasteiger partial charge in [-0.05, 0) is 19.9 Å². The first-order valence-electron chi connectivity index (χ1n) is 4.58. The predicted octanol–water partition coefficient (Wildman–Crippen LogP) is 2.08. The summed E-state index contributed by atoms with van der Waals surface area (Å²) in [5.74, 6) is 0. The number of alkyl halides is 3. The first-order chi connectivity index (χ1) is 7.32. The minimum absolute atomic E-state index is 0.116. The van der Waals surface area contributed by atoms with Crippen LogP contribution in [0.3, 0.4) is 0 Å². The molecule has 0 fully saturated rings. The summed E-state index contributed by atoms with van der Waals surface area (Å²) in [7, 11) is 0. The molecule has 0 saturated heterocycles. The number of aryl methyl sites for hydroxylation is 2.